The number of benzene rings is 3. The van der Waals surface area contributed by atoms with E-state index in [1.54, 1.807) is 24.3 Å². The minimum absolute atomic E-state index is 0.131. The van der Waals surface area contributed by atoms with Crippen LogP contribution in [-0.4, -0.2) is 23.7 Å². The number of carbonyl (C=O) groups is 2. The molecule has 1 N–H and O–H groups in total. The first kappa shape index (κ1) is 33.2. The fraction of sp³-hybridized carbons (Fsp3) is 0.444. The maximum Gasteiger partial charge on any atom is 0.336 e. The molecule has 0 bridgehead atoms. The van der Waals surface area contributed by atoms with E-state index in [4.69, 9.17) is 21.1 Å². The Labute approximate surface area is 256 Å². The minimum Gasteiger partial charge on any atom is -0.492 e. The van der Waals surface area contributed by atoms with Crippen molar-refractivity contribution >= 4 is 23.5 Å². The van der Waals surface area contributed by atoms with Gasteiger partial charge in [0.1, 0.15) is 11.5 Å². The summed E-state index contributed by atoms with van der Waals surface area (Å²) in [7, 11) is 0. The van der Waals surface area contributed by atoms with Crippen LogP contribution < -0.4 is 9.47 Å². The lowest BCUT2D eigenvalue weighted by Crippen LogP contribution is -2.16. The normalized spacial score (nSPS) is 11.7. The third kappa shape index (κ3) is 9.90. The van der Waals surface area contributed by atoms with Gasteiger partial charge in [-0.1, -0.05) is 127 Å². The van der Waals surface area contributed by atoms with Crippen LogP contribution in [0.2, 0.25) is 5.02 Å². The van der Waals surface area contributed by atoms with Gasteiger partial charge in [0, 0.05) is 5.56 Å². The number of carboxylic acid groups (broad SMARTS) is 1. The molecule has 42 heavy (non-hydrogen) atoms. The van der Waals surface area contributed by atoms with Gasteiger partial charge in [-0.05, 0) is 53.8 Å². The molecule has 0 aromatic heterocycles. The topological polar surface area (TPSA) is 72.8 Å². The van der Waals surface area contributed by atoms with Crippen molar-refractivity contribution in [1.29, 1.82) is 0 Å². The van der Waals surface area contributed by atoms with Gasteiger partial charge < -0.3 is 14.6 Å². The summed E-state index contributed by atoms with van der Waals surface area (Å²) in [5.74, 6) is -0.425. The van der Waals surface area contributed by atoms with Crippen LogP contribution in [0.4, 0.5) is 0 Å². The highest BCUT2D eigenvalue weighted by atomic mass is 35.5. The van der Waals surface area contributed by atoms with Crippen LogP contribution in [-0.2, 0) is 4.79 Å². The van der Waals surface area contributed by atoms with Gasteiger partial charge in [-0.25, -0.2) is 4.79 Å². The molecule has 3 aromatic carbocycles. The van der Waals surface area contributed by atoms with Crippen molar-refractivity contribution in [2.45, 2.75) is 91.4 Å². The van der Waals surface area contributed by atoms with Crippen LogP contribution in [0, 0.1) is 5.92 Å². The number of rotatable bonds is 18. The van der Waals surface area contributed by atoms with Gasteiger partial charge in [0.25, 0.3) is 0 Å². The summed E-state index contributed by atoms with van der Waals surface area (Å²) >= 11 is 6.74. The second-order valence-electron chi connectivity index (χ2n) is 11.0. The molecule has 6 heteroatoms. The van der Waals surface area contributed by atoms with Gasteiger partial charge in [-0.15, -0.1) is 0 Å². The van der Waals surface area contributed by atoms with Crippen LogP contribution in [0.25, 0.3) is 22.3 Å². The maximum atomic E-state index is 12.1. The Morgan fingerprint density at radius 3 is 1.81 bits per heavy atom. The Bertz CT molecular complexity index is 1270. The summed E-state index contributed by atoms with van der Waals surface area (Å²) in [6.45, 7) is 6.59. The van der Waals surface area contributed by atoms with Crippen molar-refractivity contribution in [1.82, 2.24) is 0 Å². The van der Waals surface area contributed by atoms with E-state index in [0.29, 0.717) is 34.3 Å². The molecule has 0 saturated heterocycles. The predicted octanol–water partition coefficient (Wildman–Crippen LogP) is 10.6. The van der Waals surface area contributed by atoms with Crippen LogP contribution >= 0.6 is 11.6 Å². The number of unbranched alkanes of at least 4 members (excludes halogenated alkanes) is 9. The van der Waals surface area contributed by atoms with Gasteiger partial charge in [0.2, 0.25) is 0 Å². The summed E-state index contributed by atoms with van der Waals surface area (Å²) in [4.78, 5) is 24.1. The van der Waals surface area contributed by atoms with Crippen LogP contribution in [0.3, 0.4) is 0 Å². The molecule has 0 aliphatic carbocycles. The molecule has 0 aliphatic heterocycles. The second kappa shape index (κ2) is 17.6. The predicted molar refractivity (Wildman–Crippen MR) is 172 cm³/mol. The molecule has 0 saturated carbocycles. The van der Waals surface area contributed by atoms with Crippen molar-refractivity contribution in [2.24, 2.45) is 5.92 Å². The molecular formula is C36H45ClO5. The number of hydrogen-bond donors (Lipinski definition) is 1. The van der Waals surface area contributed by atoms with Crippen molar-refractivity contribution < 1.29 is 24.2 Å². The maximum absolute atomic E-state index is 12.1. The molecule has 0 aliphatic rings. The lowest BCUT2D eigenvalue weighted by Gasteiger charge is -2.15. The molecule has 3 rings (SSSR count). The average Bonchev–Trinajstić information content (AvgIpc) is 3.00. The van der Waals surface area contributed by atoms with Crippen molar-refractivity contribution in [3.05, 3.63) is 71.2 Å². The molecule has 1 atom stereocenters. The molecular weight excluding hydrogens is 548 g/mol. The second-order valence-corrected chi connectivity index (χ2v) is 11.3. The van der Waals surface area contributed by atoms with E-state index in [1.165, 1.54) is 51.4 Å². The van der Waals surface area contributed by atoms with Crippen molar-refractivity contribution in [3.8, 4) is 33.8 Å². The Balaban J connectivity index is 1.61. The third-order valence-electron chi connectivity index (χ3n) is 7.69. The number of halogens is 1. The molecule has 0 unspecified atom stereocenters. The van der Waals surface area contributed by atoms with Crippen molar-refractivity contribution in [2.75, 3.05) is 6.61 Å². The summed E-state index contributed by atoms with van der Waals surface area (Å²) in [6.07, 6.45) is 13.2. The number of carbonyl (C=O) groups excluding carboxylic acids is 1. The van der Waals surface area contributed by atoms with Gasteiger partial charge in [0.05, 0.1) is 23.1 Å². The molecule has 0 amide bonds. The van der Waals surface area contributed by atoms with E-state index >= 15 is 0 Å². The Kier molecular flexibility index (Phi) is 13.9. The zero-order chi connectivity index (χ0) is 30.3. The monoisotopic (exact) mass is 592 g/mol. The van der Waals surface area contributed by atoms with Crippen LogP contribution in [0.1, 0.15) is 102 Å². The Hall–Kier alpha value is -3.31. The zero-order valence-corrected chi connectivity index (χ0v) is 26.1. The number of hydrogen-bond acceptors (Lipinski definition) is 4. The summed E-state index contributed by atoms with van der Waals surface area (Å²) < 4.78 is 11.4. The Morgan fingerprint density at radius 2 is 1.26 bits per heavy atom. The standard InChI is InChI=1S/C36H45ClO5/c1-4-6-7-8-9-10-11-12-13-14-25-41-32-24-23-31(35(38)39)33(34(32)37)29-17-15-27(16-18-29)28-19-21-30(22-20-28)42-36(40)26(3)5-2/h15-24,26H,4-14,25H2,1-3H3,(H,38,39)/t26-/m0/s1. The molecule has 0 heterocycles. The Morgan fingerprint density at radius 1 is 0.738 bits per heavy atom. The molecule has 5 nitrogen and oxygen atoms in total. The van der Waals surface area contributed by atoms with Gasteiger partial charge in [-0.2, -0.15) is 0 Å². The number of aromatic carboxylic acids is 1. The SMILES string of the molecule is CCCCCCCCCCCCOc1ccc(C(=O)O)c(-c2ccc(-c3ccc(OC(=O)[C@@H](C)CC)cc3)cc2)c1Cl. The van der Waals surface area contributed by atoms with Crippen molar-refractivity contribution in [3.63, 3.8) is 0 Å². The minimum atomic E-state index is -1.04. The van der Waals surface area contributed by atoms with E-state index in [1.807, 2.05) is 50.2 Å². The van der Waals surface area contributed by atoms with Gasteiger partial charge >= 0.3 is 11.9 Å². The number of carboxylic acids is 1. The average molecular weight is 593 g/mol. The van der Waals surface area contributed by atoms with Gasteiger partial charge in [0.15, 0.2) is 0 Å². The zero-order valence-electron chi connectivity index (χ0n) is 25.3. The fourth-order valence-electron chi connectivity index (χ4n) is 4.83. The fourth-order valence-corrected chi connectivity index (χ4v) is 5.16. The number of ether oxygens (including phenoxy) is 2. The molecule has 0 fully saturated rings. The highest BCUT2D eigenvalue weighted by Gasteiger charge is 2.19. The summed E-state index contributed by atoms with van der Waals surface area (Å²) in [6, 6.07) is 18.1. The smallest absolute Gasteiger partial charge is 0.336 e. The van der Waals surface area contributed by atoms with E-state index < -0.39 is 5.97 Å². The third-order valence-corrected chi connectivity index (χ3v) is 8.06. The largest absolute Gasteiger partial charge is 0.492 e. The molecule has 0 spiro atoms. The first-order chi connectivity index (χ1) is 20.3. The first-order valence-corrected chi connectivity index (χ1v) is 15.8. The van der Waals surface area contributed by atoms with E-state index in [0.717, 1.165) is 30.4 Å². The van der Waals surface area contributed by atoms with Crippen LogP contribution in [0.5, 0.6) is 11.5 Å². The lowest BCUT2D eigenvalue weighted by atomic mass is 9.96. The molecule has 226 valence electrons. The highest BCUT2D eigenvalue weighted by Crippen LogP contribution is 2.39. The first-order valence-electron chi connectivity index (χ1n) is 15.5. The van der Waals surface area contributed by atoms with E-state index in [9.17, 15) is 14.7 Å². The molecule has 3 aromatic rings. The lowest BCUT2D eigenvalue weighted by molar-refractivity contribution is -0.138. The summed E-state index contributed by atoms with van der Waals surface area (Å²) in [5, 5.41) is 10.2. The highest BCUT2D eigenvalue weighted by molar-refractivity contribution is 6.35. The van der Waals surface area contributed by atoms with Crippen LogP contribution in [0.15, 0.2) is 60.7 Å². The number of esters is 1. The summed E-state index contributed by atoms with van der Waals surface area (Å²) in [5.41, 5.74) is 3.17. The quantitative estimate of drug-likeness (QED) is 0.0903. The van der Waals surface area contributed by atoms with E-state index in [2.05, 4.69) is 6.92 Å². The van der Waals surface area contributed by atoms with E-state index in [-0.39, 0.29) is 17.5 Å². The van der Waals surface area contributed by atoms with Gasteiger partial charge in [-0.3, -0.25) is 4.79 Å². The molecule has 0 radical (unpaired) electrons.